The molecule has 0 bridgehead atoms. The molecule has 0 aliphatic rings. The van der Waals surface area contributed by atoms with Gasteiger partial charge in [0.15, 0.2) is 0 Å². The number of ether oxygens (including phenoxy) is 1. The van der Waals surface area contributed by atoms with Gasteiger partial charge in [0.05, 0.1) is 18.4 Å². The predicted octanol–water partition coefficient (Wildman–Crippen LogP) is 7.66. The number of fused-ring (bicyclic) bond motifs is 1. The number of pyridine rings is 1. The van der Waals surface area contributed by atoms with Gasteiger partial charge in [-0.25, -0.2) is 4.98 Å². The van der Waals surface area contributed by atoms with E-state index in [-0.39, 0.29) is 11.7 Å². The first-order chi connectivity index (χ1) is 20.0. The van der Waals surface area contributed by atoms with Crippen molar-refractivity contribution in [3.63, 3.8) is 0 Å². The van der Waals surface area contributed by atoms with E-state index >= 15 is 0 Å². The maximum atomic E-state index is 13.3. The summed E-state index contributed by atoms with van der Waals surface area (Å²) in [6.45, 7) is 0.607. The van der Waals surface area contributed by atoms with Gasteiger partial charge in [0.2, 0.25) is 0 Å². The monoisotopic (exact) mass is 559 g/mol. The third-order valence-corrected chi connectivity index (χ3v) is 7.67. The Morgan fingerprint density at radius 1 is 0.878 bits per heavy atom. The Hall–Kier alpha value is -4.61. The van der Waals surface area contributed by atoms with E-state index in [1.165, 1.54) is 5.56 Å². The lowest BCUT2D eigenvalue weighted by molar-refractivity contribution is 0.183. The highest BCUT2D eigenvalue weighted by Gasteiger charge is 2.19. The summed E-state index contributed by atoms with van der Waals surface area (Å²) in [7, 11) is 1.84. The van der Waals surface area contributed by atoms with Crippen molar-refractivity contribution in [2.75, 3.05) is 0 Å². The highest BCUT2D eigenvalue weighted by Crippen LogP contribution is 2.35. The van der Waals surface area contributed by atoms with Crippen molar-refractivity contribution in [2.24, 2.45) is 7.05 Å². The number of benzene rings is 4. The summed E-state index contributed by atoms with van der Waals surface area (Å²) >= 11 is 6.39. The second kappa shape index (κ2) is 11.9. The standard InChI is InChI=1S/C35H30ClN3O2/c1-38-34(40)22-31(27-13-8-14-29(36)19-27)32-21-30(20-28(35(32)38)16-15-25-9-4-2-5-10-25)41-33(23-39-18-17-37-24-39)26-11-6-3-7-12-26/h2-14,17-22,24,33H,15-16,23H2,1H3. The van der Waals surface area contributed by atoms with Gasteiger partial charge in [-0.1, -0.05) is 84.4 Å². The first-order valence-electron chi connectivity index (χ1n) is 13.7. The molecule has 41 heavy (non-hydrogen) atoms. The number of aromatic nitrogens is 3. The number of halogens is 1. The molecular weight excluding hydrogens is 530 g/mol. The lowest BCUT2D eigenvalue weighted by atomic mass is 9.95. The molecule has 4 aromatic carbocycles. The SMILES string of the molecule is Cn1c(=O)cc(-c2cccc(Cl)c2)c2cc(OC(Cn3ccnc3)c3ccccc3)cc(CCc3ccccc3)c21. The molecule has 0 saturated heterocycles. The fourth-order valence-electron chi connectivity index (χ4n) is 5.38. The number of rotatable bonds is 9. The Bertz CT molecular complexity index is 1830. The molecule has 0 fully saturated rings. The molecule has 6 heteroatoms. The largest absolute Gasteiger partial charge is 0.484 e. The van der Waals surface area contributed by atoms with Crippen LogP contribution in [0.4, 0.5) is 0 Å². The van der Waals surface area contributed by atoms with Crippen molar-refractivity contribution in [3.8, 4) is 16.9 Å². The van der Waals surface area contributed by atoms with Crippen LogP contribution in [0.25, 0.3) is 22.0 Å². The van der Waals surface area contributed by atoms with Crippen LogP contribution in [0.2, 0.25) is 5.02 Å². The highest BCUT2D eigenvalue weighted by atomic mass is 35.5. The van der Waals surface area contributed by atoms with Crippen molar-refractivity contribution >= 4 is 22.5 Å². The van der Waals surface area contributed by atoms with Crippen molar-refractivity contribution in [3.05, 3.63) is 154 Å². The fourth-order valence-corrected chi connectivity index (χ4v) is 5.57. The molecular formula is C35H30ClN3O2. The van der Waals surface area contributed by atoms with E-state index < -0.39 is 0 Å². The van der Waals surface area contributed by atoms with E-state index in [0.29, 0.717) is 11.6 Å². The molecule has 0 saturated carbocycles. The molecule has 1 unspecified atom stereocenters. The van der Waals surface area contributed by atoms with E-state index in [0.717, 1.165) is 51.7 Å². The van der Waals surface area contributed by atoms with Gasteiger partial charge in [-0.05, 0) is 64.9 Å². The molecule has 2 aromatic heterocycles. The normalized spacial score (nSPS) is 12.0. The predicted molar refractivity (Wildman–Crippen MR) is 166 cm³/mol. The summed E-state index contributed by atoms with van der Waals surface area (Å²) in [6, 6.07) is 34.1. The molecule has 6 rings (SSSR count). The Labute approximate surface area is 244 Å². The van der Waals surface area contributed by atoms with Crippen molar-refractivity contribution in [1.29, 1.82) is 0 Å². The third kappa shape index (κ3) is 5.96. The van der Waals surface area contributed by atoms with Crippen molar-refractivity contribution < 1.29 is 4.74 Å². The third-order valence-electron chi connectivity index (χ3n) is 7.43. The molecule has 0 amide bonds. The maximum Gasteiger partial charge on any atom is 0.251 e. The van der Waals surface area contributed by atoms with Gasteiger partial charge in [-0.15, -0.1) is 0 Å². The van der Waals surface area contributed by atoms with E-state index in [1.807, 2.05) is 66.3 Å². The van der Waals surface area contributed by atoms with Gasteiger partial charge in [0.1, 0.15) is 11.9 Å². The Kier molecular flexibility index (Phi) is 7.70. The van der Waals surface area contributed by atoms with Crippen LogP contribution in [0.3, 0.4) is 0 Å². The van der Waals surface area contributed by atoms with Crippen molar-refractivity contribution in [2.45, 2.75) is 25.5 Å². The minimum Gasteiger partial charge on any atom is -0.484 e. The van der Waals surface area contributed by atoms with Crippen LogP contribution >= 0.6 is 11.6 Å². The van der Waals surface area contributed by atoms with Crippen LogP contribution in [0.15, 0.2) is 127 Å². The lowest BCUT2D eigenvalue weighted by Crippen LogP contribution is -2.18. The first-order valence-corrected chi connectivity index (χ1v) is 14.1. The molecule has 0 radical (unpaired) electrons. The zero-order valence-electron chi connectivity index (χ0n) is 22.8. The van der Waals surface area contributed by atoms with Gasteiger partial charge >= 0.3 is 0 Å². The zero-order valence-corrected chi connectivity index (χ0v) is 23.5. The summed E-state index contributed by atoms with van der Waals surface area (Å²) < 4.78 is 10.6. The summed E-state index contributed by atoms with van der Waals surface area (Å²) in [6.07, 6.45) is 6.87. The van der Waals surface area contributed by atoms with E-state index in [1.54, 1.807) is 23.2 Å². The average molecular weight is 560 g/mol. The minimum absolute atomic E-state index is 0.0654. The quantitative estimate of drug-likeness (QED) is 0.183. The molecule has 0 spiro atoms. The number of hydrogen-bond donors (Lipinski definition) is 0. The van der Waals surface area contributed by atoms with Gasteiger partial charge in [0.25, 0.3) is 5.56 Å². The summed E-state index contributed by atoms with van der Waals surface area (Å²) in [4.78, 5) is 17.5. The molecule has 0 N–H and O–H groups in total. The van der Waals surface area contributed by atoms with Gasteiger partial charge in [-0.2, -0.15) is 0 Å². The molecule has 2 heterocycles. The van der Waals surface area contributed by atoms with Crippen LogP contribution < -0.4 is 10.3 Å². The molecule has 0 aliphatic carbocycles. The maximum absolute atomic E-state index is 13.3. The summed E-state index contributed by atoms with van der Waals surface area (Å²) in [5.41, 5.74) is 5.94. The van der Waals surface area contributed by atoms with E-state index in [4.69, 9.17) is 16.3 Å². The van der Waals surface area contributed by atoms with Crippen LogP contribution in [0.5, 0.6) is 5.75 Å². The molecule has 0 aliphatic heterocycles. The first kappa shape index (κ1) is 26.6. The second-order valence-electron chi connectivity index (χ2n) is 10.2. The van der Waals surface area contributed by atoms with Crippen molar-refractivity contribution in [1.82, 2.24) is 14.1 Å². The summed E-state index contributed by atoms with van der Waals surface area (Å²) in [5, 5.41) is 1.57. The van der Waals surface area contributed by atoms with Crippen LogP contribution in [-0.2, 0) is 26.4 Å². The van der Waals surface area contributed by atoms with Gasteiger partial charge in [-0.3, -0.25) is 4.79 Å². The lowest BCUT2D eigenvalue weighted by Gasteiger charge is -2.22. The van der Waals surface area contributed by atoms with Crippen LogP contribution in [0, 0.1) is 0 Å². The number of aryl methyl sites for hydroxylation is 3. The Balaban J connectivity index is 1.51. The zero-order chi connectivity index (χ0) is 28.2. The smallest absolute Gasteiger partial charge is 0.251 e. The molecule has 1 atom stereocenters. The number of hydrogen-bond acceptors (Lipinski definition) is 3. The average Bonchev–Trinajstić information content (AvgIpc) is 3.51. The van der Waals surface area contributed by atoms with Gasteiger partial charge in [0, 0.05) is 35.9 Å². The number of imidazole rings is 1. The van der Waals surface area contributed by atoms with Crippen LogP contribution in [0.1, 0.15) is 22.8 Å². The Morgan fingerprint density at radius 2 is 1.66 bits per heavy atom. The minimum atomic E-state index is -0.244. The molecule has 5 nitrogen and oxygen atoms in total. The highest BCUT2D eigenvalue weighted by molar-refractivity contribution is 6.30. The molecule has 204 valence electrons. The van der Waals surface area contributed by atoms with Crippen LogP contribution in [-0.4, -0.2) is 14.1 Å². The van der Waals surface area contributed by atoms with E-state index in [2.05, 4.69) is 53.5 Å². The number of nitrogens with zero attached hydrogens (tertiary/aromatic N) is 3. The van der Waals surface area contributed by atoms with E-state index in [9.17, 15) is 4.79 Å². The van der Waals surface area contributed by atoms with Gasteiger partial charge < -0.3 is 13.9 Å². The Morgan fingerprint density at radius 3 is 2.39 bits per heavy atom. The molecule has 6 aromatic rings. The summed E-state index contributed by atoms with van der Waals surface area (Å²) in [5.74, 6) is 0.747. The second-order valence-corrected chi connectivity index (χ2v) is 10.6. The topological polar surface area (TPSA) is 49.0 Å². The fraction of sp³-hybridized carbons (Fsp3) is 0.143.